The molecule has 0 bridgehead atoms. The molecule has 1 heterocycles. The first-order valence-corrected chi connectivity index (χ1v) is 5.01. The van der Waals surface area contributed by atoms with E-state index in [0.29, 0.717) is 10.9 Å². The van der Waals surface area contributed by atoms with Crippen LogP contribution in [0.3, 0.4) is 0 Å². The number of aromatic nitrogens is 1. The molecule has 0 fully saturated rings. The number of carbonyl (C=O) groups is 1. The van der Waals surface area contributed by atoms with E-state index < -0.39 is 11.5 Å². The van der Waals surface area contributed by atoms with E-state index in [1.54, 1.807) is 12.1 Å². The van der Waals surface area contributed by atoms with E-state index >= 15 is 0 Å². The van der Waals surface area contributed by atoms with Gasteiger partial charge in [-0.15, -0.1) is 0 Å². The Balaban J connectivity index is 2.86. The van der Waals surface area contributed by atoms with E-state index in [4.69, 9.17) is 5.11 Å². The number of H-pyrrole nitrogens is 1. The maximum atomic E-state index is 11.2. The summed E-state index contributed by atoms with van der Waals surface area (Å²) in [6.07, 6.45) is 0.828. The van der Waals surface area contributed by atoms with Crippen LogP contribution in [0.2, 0.25) is 0 Å². The van der Waals surface area contributed by atoms with Gasteiger partial charge in [-0.3, -0.25) is 4.79 Å². The molecule has 4 heteroatoms. The molecule has 2 aromatic rings. The van der Waals surface area contributed by atoms with E-state index in [1.807, 2.05) is 13.0 Å². The second-order valence-electron chi connectivity index (χ2n) is 3.59. The third-order valence-corrected chi connectivity index (χ3v) is 2.55. The molecule has 1 aromatic carbocycles. The van der Waals surface area contributed by atoms with E-state index in [-0.39, 0.29) is 5.56 Å². The second-order valence-corrected chi connectivity index (χ2v) is 3.59. The zero-order valence-electron chi connectivity index (χ0n) is 8.78. The van der Waals surface area contributed by atoms with Crippen molar-refractivity contribution in [1.29, 1.82) is 0 Å². The summed E-state index contributed by atoms with van der Waals surface area (Å²) in [4.78, 5) is 24.9. The molecule has 0 spiro atoms. The van der Waals surface area contributed by atoms with Gasteiger partial charge in [-0.2, -0.15) is 0 Å². The van der Waals surface area contributed by atoms with Gasteiger partial charge in [0.1, 0.15) is 0 Å². The summed E-state index contributed by atoms with van der Waals surface area (Å²) in [6.45, 7) is 1.99. The van der Waals surface area contributed by atoms with E-state index in [2.05, 4.69) is 4.98 Å². The fraction of sp³-hybridized carbons (Fsp3) is 0.167. The summed E-state index contributed by atoms with van der Waals surface area (Å²) in [5, 5.41) is 9.59. The van der Waals surface area contributed by atoms with Crippen LogP contribution in [0.25, 0.3) is 10.9 Å². The largest absolute Gasteiger partial charge is 0.478 e. The number of aryl methyl sites for hydroxylation is 1. The molecule has 4 nitrogen and oxygen atoms in total. The Morgan fingerprint density at radius 3 is 2.75 bits per heavy atom. The number of benzene rings is 1. The molecule has 0 amide bonds. The van der Waals surface area contributed by atoms with Crippen molar-refractivity contribution in [1.82, 2.24) is 4.98 Å². The number of carboxylic acid groups (broad SMARTS) is 1. The Bertz CT molecular complexity index is 613. The van der Waals surface area contributed by atoms with Crippen molar-refractivity contribution in [3.63, 3.8) is 0 Å². The Labute approximate surface area is 91.5 Å². The summed E-state index contributed by atoms with van der Waals surface area (Å²) in [6, 6.07) is 6.53. The second kappa shape index (κ2) is 3.81. The minimum absolute atomic E-state index is 0.0500. The van der Waals surface area contributed by atoms with Crippen LogP contribution in [0, 0.1) is 0 Å². The molecular weight excluding hydrogens is 206 g/mol. The van der Waals surface area contributed by atoms with Gasteiger partial charge in [-0.1, -0.05) is 13.0 Å². The highest BCUT2D eigenvalue weighted by Gasteiger charge is 2.10. The predicted octanol–water partition coefficient (Wildman–Crippen LogP) is 1.79. The first-order valence-electron chi connectivity index (χ1n) is 5.01. The normalized spacial score (nSPS) is 10.6. The van der Waals surface area contributed by atoms with Crippen LogP contribution in [0.5, 0.6) is 0 Å². The SMILES string of the molecule is CCc1ccc2[nH]c(=O)cc(C(=O)O)c2c1. The lowest BCUT2D eigenvalue weighted by atomic mass is 10.0. The molecule has 0 radical (unpaired) electrons. The van der Waals surface area contributed by atoms with Crippen molar-refractivity contribution in [2.75, 3.05) is 0 Å². The molecule has 0 saturated heterocycles. The molecule has 0 atom stereocenters. The molecule has 0 aliphatic heterocycles. The van der Waals surface area contributed by atoms with Gasteiger partial charge in [0.05, 0.1) is 5.56 Å². The number of fused-ring (bicyclic) bond motifs is 1. The van der Waals surface area contributed by atoms with Crippen molar-refractivity contribution in [3.8, 4) is 0 Å². The zero-order chi connectivity index (χ0) is 11.7. The number of pyridine rings is 1. The standard InChI is InChI=1S/C12H11NO3/c1-2-7-3-4-10-8(5-7)9(12(15)16)6-11(14)13-10/h3-6H,2H2,1H3,(H,13,14)(H,15,16). The van der Waals surface area contributed by atoms with Crippen LogP contribution >= 0.6 is 0 Å². The maximum Gasteiger partial charge on any atom is 0.336 e. The lowest BCUT2D eigenvalue weighted by molar-refractivity contribution is 0.0699. The van der Waals surface area contributed by atoms with Gasteiger partial charge >= 0.3 is 5.97 Å². The Hall–Kier alpha value is -2.10. The molecule has 16 heavy (non-hydrogen) atoms. The molecule has 1 aromatic heterocycles. The molecule has 0 saturated carbocycles. The third-order valence-electron chi connectivity index (χ3n) is 2.55. The molecule has 0 unspecified atom stereocenters. The van der Waals surface area contributed by atoms with Gasteiger partial charge in [0, 0.05) is 17.0 Å². The molecule has 2 N–H and O–H groups in total. The van der Waals surface area contributed by atoms with Gasteiger partial charge in [0.2, 0.25) is 5.56 Å². The number of nitrogens with one attached hydrogen (secondary N) is 1. The van der Waals surface area contributed by atoms with Crippen LogP contribution < -0.4 is 5.56 Å². The van der Waals surface area contributed by atoms with Crippen molar-refractivity contribution < 1.29 is 9.90 Å². The van der Waals surface area contributed by atoms with Crippen LogP contribution in [0.1, 0.15) is 22.8 Å². The average Bonchev–Trinajstić information content (AvgIpc) is 2.27. The molecule has 0 aliphatic rings. The molecule has 0 aliphatic carbocycles. The Morgan fingerprint density at radius 1 is 1.38 bits per heavy atom. The predicted molar refractivity (Wildman–Crippen MR) is 60.9 cm³/mol. The monoisotopic (exact) mass is 217 g/mol. The topological polar surface area (TPSA) is 70.2 Å². The van der Waals surface area contributed by atoms with Crippen LogP contribution in [-0.4, -0.2) is 16.1 Å². The Morgan fingerprint density at radius 2 is 2.12 bits per heavy atom. The molecule has 82 valence electrons. The number of aromatic amines is 1. The minimum Gasteiger partial charge on any atom is -0.478 e. The number of hydrogen-bond donors (Lipinski definition) is 2. The van der Waals surface area contributed by atoms with Crippen LogP contribution in [-0.2, 0) is 6.42 Å². The zero-order valence-corrected chi connectivity index (χ0v) is 8.78. The maximum absolute atomic E-state index is 11.2. The fourth-order valence-electron chi connectivity index (χ4n) is 1.70. The summed E-state index contributed by atoms with van der Waals surface area (Å²) in [7, 11) is 0. The average molecular weight is 217 g/mol. The van der Waals surface area contributed by atoms with Gasteiger partial charge in [0.15, 0.2) is 0 Å². The van der Waals surface area contributed by atoms with Crippen LogP contribution in [0.4, 0.5) is 0 Å². The number of rotatable bonds is 2. The minimum atomic E-state index is -1.08. The number of carboxylic acids is 1. The van der Waals surface area contributed by atoms with Gasteiger partial charge in [-0.25, -0.2) is 4.79 Å². The quantitative estimate of drug-likeness (QED) is 0.805. The smallest absolute Gasteiger partial charge is 0.336 e. The summed E-state index contributed by atoms with van der Waals surface area (Å²) >= 11 is 0. The van der Waals surface area contributed by atoms with Crippen molar-refractivity contribution in [2.24, 2.45) is 0 Å². The highest BCUT2D eigenvalue weighted by atomic mass is 16.4. The van der Waals surface area contributed by atoms with E-state index in [9.17, 15) is 9.59 Å². The first kappa shape index (κ1) is 10.4. The summed E-state index contributed by atoms with van der Waals surface area (Å²) in [5.74, 6) is -1.08. The lowest BCUT2D eigenvalue weighted by Gasteiger charge is -2.04. The van der Waals surface area contributed by atoms with Crippen molar-refractivity contribution >= 4 is 16.9 Å². The van der Waals surface area contributed by atoms with Gasteiger partial charge in [-0.05, 0) is 24.1 Å². The third kappa shape index (κ3) is 1.69. The lowest BCUT2D eigenvalue weighted by Crippen LogP contribution is -2.10. The van der Waals surface area contributed by atoms with E-state index in [1.165, 1.54) is 0 Å². The van der Waals surface area contributed by atoms with Crippen molar-refractivity contribution in [2.45, 2.75) is 13.3 Å². The Kier molecular flexibility index (Phi) is 2.48. The highest BCUT2D eigenvalue weighted by molar-refractivity contribution is 6.02. The van der Waals surface area contributed by atoms with Gasteiger partial charge < -0.3 is 10.1 Å². The fourth-order valence-corrected chi connectivity index (χ4v) is 1.70. The summed E-state index contributed by atoms with van der Waals surface area (Å²) < 4.78 is 0. The first-order chi connectivity index (χ1) is 7.61. The van der Waals surface area contributed by atoms with Crippen molar-refractivity contribution in [3.05, 3.63) is 45.7 Å². The molecular formula is C12H11NO3. The van der Waals surface area contributed by atoms with Crippen LogP contribution in [0.15, 0.2) is 29.1 Å². The highest BCUT2D eigenvalue weighted by Crippen LogP contribution is 2.17. The summed E-state index contributed by atoms with van der Waals surface area (Å²) in [5.41, 5.74) is 1.26. The number of hydrogen-bond acceptors (Lipinski definition) is 2. The van der Waals surface area contributed by atoms with Gasteiger partial charge in [0.25, 0.3) is 0 Å². The number of aromatic carboxylic acids is 1. The van der Waals surface area contributed by atoms with E-state index in [0.717, 1.165) is 18.1 Å². The molecule has 2 rings (SSSR count).